The second-order valence-corrected chi connectivity index (χ2v) is 5.15. The number of carbonyl (C=O) groups is 1. The molecule has 0 spiro atoms. The number of alkyl halides is 3. The Bertz CT molecular complexity index is 656. The molecule has 3 nitrogen and oxygen atoms in total. The second-order valence-electron chi connectivity index (χ2n) is 4.23. The first kappa shape index (κ1) is 15.5. The molecule has 2 aromatic rings. The smallest absolute Gasteiger partial charge is 0.267 e. The van der Waals surface area contributed by atoms with Crippen molar-refractivity contribution in [2.75, 3.05) is 5.01 Å². The number of hydrogen-bond acceptors (Lipinski definition) is 2. The van der Waals surface area contributed by atoms with E-state index < -0.39 is 17.6 Å². The van der Waals surface area contributed by atoms with Crippen molar-refractivity contribution >= 4 is 27.5 Å². The van der Waals surface area contributed by atoms with Crippen LogP contribution in [0.2, 0.25) is 0 Å². The fourth-order valence-corrected chi connectivity index (χ4v) is 1.95. The number of hydrogen-bond donors (Lipinski definition) is 1. The van der Waals surface area contributed by atoms with E-state index in [-0.39, 0.29) is 11.3 Å². The van der Waals surface area contributed by atoms with Crippen molar-refractivity contribution in [2.45, 2.75) is 6.18 Å². The summed E-state index contributed by atoms with van der Waals surface area (Å²) in [5, 5.41) is 0.693. The molecular formula is C14H10BrF3N2O. The lowest BCUT2D eigenvalue weighted by molar-refractivity contribution is -0.137. The predicted octanol–water partition coefficient (Wildman–Crippen LogP) is 3.99. The Morgan fingerprint density at radius 1 is 1.10 bits per heavy atom. The summed E-state index contributed by atoms with van der Waals surface area (Å²) in [5.41, 5.74) is -0.616. The van der Waals surface area contributed by atoms with Gasteiger partial charge < -0.3 is 0 Å². The number of nitrogens with zero attached hydrogens (tertiary/aromatic N) is 1. The molecule has 1 amide bonds. The van der Waals surface area contributed by atoms with Gasteiger partial charge in [-0.25, -0.2) is 10.9 Å². The normalized spacial score (nSPS) is 11.3. The van der Waals surface area contributed by atoms with E-state index in [1.807, 2.05) is 0 Å². The van der Waals surface area contributed by atoms with Crippen molar-refractivity contribution in [1.82, 2.24) is 0 Å². The zero-order valence-electron chi connectivity index (χ0n) is 10.6. The first-order chi connectivity index (χ1) is 9.79. The van der Waals surface area contributed by atoms with Crippen LogP contribution >= 0.6 is 15.9 Å². The minimum absolute atomic E-state index is 0.0299. The number of amides is 1. The van der Waals surface area contributed by atoms with Gasteiger partial charge in [0.25, 0.3) is 5.91 Å². The molecule has 0 aliphatic carbocycles. The van der Waals surface area contributed by atoms with Gasteiger partial charge in [-0.2, -0.15) is 13.2 Å². The molecule has 0 saturated heterocycles. The largest absolute Gasteiger partial charge is 0.416 e. The van der Waals surface area contributed by atoms with Crippen molar-refractivity contribution in [3.8, 4) is 0 Å². The van der Waals surface area contributed by atoms with E-state index >= 15 is 0 Å². The van der Waals surface area contributed by atoms with Gasteiger partial charge in [0.15, 0.2) is 0 Å². The third kappa shape index (κ3) is 3.62. The number of rotatable bonds is 2. The fraction of sp³-hybridized carbons (Fsp3) is 0.0714. The highest BCUT2D eigenvalue weighted by molar-refractivity contribution is 9.10. The van der Waals surface area contributed by atoms with Crippen molar-refractivity contribution < 1.29 is 18.0 Å². The maximum absolute atomic E-state index is 12.7. The molecule has 0 aromatic heterocycles. The van der Waals surface area contributed by atoms with E-state index in [0.717, 1.165) is 16.6 Å². The number of benzene rings is 2. The molecule has 0 aliphatic rings. The number of nitrogens with two attached hydrogens (primary N) is 1. The summed E-state index contributed by atoms with van der Waals surface area (Å²) < 4.78 is 38.7. The Morgan fingerprint density at radius 2 is 1.71 bits per heavy atom. The molecule has 0 aliphatic heterocycles. The highest BCUT2D eigenvalue weighted by Crippen LogP contribution is 2.31. The molecule has 0 saturated carbocycles. The number of anilines is 1. The summed E-state index contributed by atoms with van der Waals surface area (Å²) in [6, 6.07) is 10.6. The Kier molecular flexibility index (Phi) is 4.34. The van der Waals surface area contributed by atoms with E-state index in [4.69, 9.17) is 5.84 Å². The highest BCUT2D eigenvalue weighted by atomic mass is 79.9. The van der Waals surface area contributed by atoms with Crippen LogP contribution in [0.3, 0.4) is 0 Å². The predicted molar refractivity (Wildman–Crippen MR) is 76.6 cm³/mol. The zero-order valence-corrected chi connectivity index (χ0v) is 12.1. The molecule has 0 bridgehead atoms. The quantitative estimate of drug-likeness (QED) is 0.501. The Hall–Kier alpha value is -1.86. The molecule has 21 heavy (non-hydrogen) atoms. The zero-order chi connectivity index (χ0) is 15.6. The highest BCUT2D eigenvalue weighted by Gasteiger charge is 2.31. The maximum Gasteiger partial charge on any atom is 0.416 e. The lowest BCUT2D eigenvalue weighted by Crippen LogP contribution is -2.37. The summed E-state index contributed by atoms with van der Waals surface area (Å²) >= 11 is 3.23. The summed E-state index contributed by atoms with van der Waals surface area (Å²) in [7, 11) is 0. The van der Waals surface area contributed by atoms with Gasteiger partial charge in [-0.3, -0.25) is 4.79 Å². The fourth-order valence-electron chi connectivity index (χ4n) is 1.68. The van der Waals surface area contributed by atoms with Gasteiger partial charge in [0, 0.05) is 10.0 Å². The topological polar surface area (TPSA) is 46.3 Å². The Morgan fingerprint density at radius 3 is 2.29 bits per heavy atom. The minimum atomic E-state index is -4.49. The molecule has 0 fully saturated rings. The van der Waals surface area contributed by atoms with Gasteiger partial charge in [0.2, 0.25) is 0 Å². The monoisotopic (exact) mass is 358 g/mol. The summed E-state index contributed by atoms with van der Waals surface area (Å²) in [5.74, 6) is 5.03. The lowest BCUT2D eigenvalue weighted by atomic mass is 10.1. The molecule has 0 radical (unpaired) electrons. The number of hydrazine groups is 1. The maximum atomic E-state index is 12.7. The SMILES string of the molecule is NN(C(=O)c1ccc(Br)cc1)c1cccc(C(F)(F)F)c1. The van der Waals surface area contributed by atoms with Crippen LogP contribution in [0.25, 0.3) is 0 Å². The summed E-state index contributed by atoms with van der Waals surface area (Å²) in [6.07, 6.45) is -4.49. The molecule has 2 rings (SSSR count). The van der Waals surface area contributed by atoms with Crippen molar-refractivity contribution in [3.05, 3.63) is 64.1 Å². The van der Waals surface area contributed by atoms with Crippen molar-refractivity contribution in [1.29, 1.82) is 0 Å². The first-order valence-corrected chi connectivity index (χ1v) is 6.60. The second kappa shape index (κ2) is 5.87. The Labute approximate surface area is 127 Å². The van der Waals surface area contributed by atoms with Crippen molar-refractivity contribution in [2.24, 2.45) is 5.84 Å². The van der Waals surface area contributed by atoms with Gasteiger partial charge in [0.05, 0.1) is 11.3 Å². The average Bonchev–Trinajstić information content (AvgIpc) is 2.46. The van der Waals surface area contributed by atoms with Crippen LogP contribution in [-0.2, 0) is 6.18 Å². The van der Waals surface area contributed by atoms with Crippen LogP contribution in [0.4, 0.5) is 18.9 Å². The van der Waals surface area contributed by atoms with Crippen LogP contribution < -0.4 is 10.9 Å². The molecule has 0 heterocycles. The van der Waals surface area contributed by atoms with E-state index in [1.165, 1.54) is 24.3 Å². The molecule has 2 aromatic carbocycles. The van der Waals surface area contributed by atoms with E-state index in [2.05, 4.69) is 15.9 Å². The standard InChI is InChI=1S/C14H10BrF3N2O/c15-11-6-4-9(5-7-11)13(21)20(19)12-3-1-2-10(8-12)14(16,17)18/h1-8H,19H2. The van der Waals surface area contributed by atoms with Gasteiger partial charge in [-0.15, -0.1) is 0 Å². The summed E-state index contributed by atoms with van der Waals surface area (Å²) in [4.78, 5) is 12.1. The molecule has 2 N–H and O–H groups in total. The number of carbonyl (C=O) groups excluding carboxylic acids is 1. The van der Waals surface area contributed by atoms with Gasteiger partial charge in [-0.05, 0) is 42.5 Å². The molecule has 110 valence electrons. The Balaban J connectivity index is 2.29. The van der Waals surface area contributed by atoms with Crippen LogP contribution in [0.5, 0.6) is 0 Å². The molecule has 7 heteroatoms. The van der Waals surface area contributed by atoms with Gasteiger partial charge >= 0.3 is 6.18 Å². The first-order valence-electron chi connectivity index (χ1n) is 5.81. The molecular weight excluding hydrogens is 349 g/mol. The van der Waals surface area contributed by atoms with E-state index in [1.54, 1.807) is 12.1 Å². The molecule has 0 atom stereocenters. The van der Waals surface area contributed by atoms with Crippen LogP contribution in [0, 0.1) is 0 Å². The van der Waals surface area contributed by atoms with Crippen LogP contribution in [-0.4, -0.2) is 5.91 Å². The van der Waals surface area contributed by atoms with Gasteiger partial charge in [-0.1, -0.05) is 22.0 Å². The van der Waals surface area contributed by atoms with Crippen LogP contribution in [0.1, 0.15) is 15.9 Å². The number of halogens is 4. The minimum Gasteiger partial charge on any atom is -0.267 e. The molecule has 0 unspecified atom stereocenters. The van der Waals surface area contributed by atoms with E-state index in [9.17, 15) is 18.0 Å². The van der Waals surface area contributed by atoms with Crippen LogP contribution in [0.15, 0.2) is 53.0 Å². The average molecular weight is 359 g/mol. The van der Waals surface area contributed by atoms with Gasteiger partial charge in [0.1, 0.15) is 0 Å². The van der Waals surface area contributed by atoms with Crippen molar-refractivity contribution in [3.63, 3.8) is 0 Å². The third-order valence-electron chi connectivity index (χ3n) is 2.76. The summed E-state index contributed by atoms with van der Waals surface area (Å²) in [6.45, 7) is 0. The van der Waals surface area contributed by atoms with E-state index in [0.29, 0.717) is 5.01 Å². The lowest BCUT2D eigenvalue weighted by Gasteiger charge is -2.18. The third-order valence-corrected chi connectivity index (χ3v) is 3.29.